The molecule has 2 amide bonds. The third-order valence-corrected chi connectivity index (χ3v) is 8.56. The third kappa shape index (κ3) is 8.71. The number of amides is 2. The van der Waals surface area contributed by atoms with Crippen molar-refractivity contribution in [3.05, 3.63) is 89.5 Å². The standard InChI is InChI=1S/C36H46N4O5/c1-22(2)32(40-35(44)45-21-31-29-12-8-6-10-27(29)28-11-7-9-13-30(28)31)20-38-23(3)33(41)39-26-16-14-24(15-17-26)18-25(37)19-36(4,5)34(42)43/h6-17,22-23,25,31-32,38H,18-21,37H2,1-5H3,(H,39,41)(H,40,44)(H,42,43)/t23-,25-,32+/m0/s1. The number of carboxylic acid groups (broad SMARTS) is 1. The molecule has 9 nitrogen and oxygen atoms in total. The van der Waals surface area contributed by atoms with E-state index in [1.807, 2.05) is 62.4 Å². The minimum Gasteiger partial charge on any atom is -0.481 e. The molecule has 0 radical (unpaired) electrons. The van der Waals surface area contributed by atoms with E-state index in [0.29, 0.717) is 25.1 Å². The Hall–Kier alpha value is -4.21. The lowest BCUT2D eigenvalue weighted by molar-refractivity contribution is -0.147. The van der Waals surface area contributed by atoms with Crippen molar-refractivity contribution < 1.29 is 24.2 Å². The molecule has 3 atom stereocenters. The van der Waals surface area contributed by atoms with Crippen LogP contribution in [-0.2, 0) is 20.7 Å². The topological polar surface area (TPSA) is 143 Å². The number of carbonyl (C=O) groups excluding carboxylic acids is 2. The van der Waals surface area contributed by atoms with Gasteiger partial charge in [-0.05, 0) is 79.5 Å². The highest BCUT2D eigenvalue weighted by Crippen LogP contribution is 2.44. The van der Waals surface area contributed by atoms with Gasteiger partial charge in [0.15, 0.2) is 0 Å². The fourth-order valence-corrected chi connectivity index (χ4v) is 5.73. The van der Waals surface area contributed by atoms with E-state index in [9.17, 15) is 19.5 Å². The predicted octanol–water partition coefficient (Wildman–Crippen LogP) is 5.54. The van der Waals surface area contributed by atoms with Crippen molar-refractivity contribution in [2.24, 2.45) is 17.1 Å². The lowest BCUT2D eigenvalue weighted by Crippen LogP contribution is -2.49. The molecule has 0 heterocycles. The Bertz CT molecular complexity index is 1440. The molecule has 0 aliphatic heterocycles. The summed E-state index contributed by atoms with van der Waals surface area (Å²) in [5.41, 5.74) is 11.6. The Kier molecular flexibility index (Phi) is 11.0. The third-order valence-electron chi connectivity index (χ3n) is 8.56. The van der Waals surface area contributed by atoms with Crippen molar-refractivity contribution in [1.29, 1.82) is 0 Å². The monoisotopic (exact) mass is 614 g/mol. The maximum atomic E-state index is 12.9. The molecule has 240 valence electrons. The average Bonchev–Trinajstić information content (AvgIpc) is 3.32. The Balaban J connectivity index is 1.24. The van der Waals surface area contributed by atoms with Crippen LogP contribution in [0.25, 0.3) is 11.1 Å². The fourth-order valence-electron chi connectivity index (χ4n) is 5.73. The highest BCUT2D eigenvalue weighted by Gasteiger charge is 2.30. The molecule has 6 N–H and O–H groups in total. The molecule has 1 aliphatic rings. The van der Waals surface area contributed by atoms with Crippen molar-refractivity contribution in [1.82, 2.24) is 10.6 Å². The number of aliphatic carboxylic acids is 1. The number of rotatable bonds is 14. The van der Waals surface area contributed by atoms with Crippen molar-refractivity contribution in [3.63, 3.8) is 0 Å². The van der Waals surface area contributed by atoms with Gasteiger partial charge in [0.1, 0.15) is 6.61 Å². The van der Waals surface area contributed by atoms with Crippen LogP contribution in [0, 0.1) is 11.3 Å². The Morgan fingerprint density at radius 1 is 0.911 bits per heavy atom. The number of anilines is 1. The lowest BCUT2D eigenvalue weighted by atomic mass is 9.84. The van der Waals surface area contributed by atoms with Gasteiger partial charge < -0.3 is 31.5 Å². The Morgan fingerprint density at radius 3 is 2.04 bits per heavy atom. The van der Waals surface area contributed by atoms with Gasteiger partial charge in [-0.1, -0.05) is 74.5 Å². The van der Waals surface area contributed by atoms with Gasteiger partial charge in [-0.15, -0.1) is 0 Å². The maximum Gasteiger partial charge on any atom is 0.407 e. The van der Waals surface area contributed by atoms with Crippen molar-refractivity contribution in [3.8, 4) is 11.1 Å². The summed E-state index contributed by atoms with van der Waals surface area (Å²) in [7, 11) is 0. The summed E-state index contributed by atoms with van der Waals surface area (Å²) in [6.45, 7) is 9.77. The van der Waals surface area contributed by atoms with Gasteiger partial charge in [-0.3, -0.25) is 9.59 Å². The van der Waals surface area contributed by atoms with Crippen LogP contribution >= 0.6 is 0 Å². The Morgan fingerprint density at radius 2 is 1.49 bits per heavy atom. The summed E-state index contributed by atoms with van der Waals surface area (Å²) in [4.78, 5) is 37.2. The molecule has 3 aromatic rings. The molecule has 0 bridgehead atoms. The number of benzene rings is 3. The van der Waals surface area contributed by atoms with Gasteiger partial charge in [0, 0.05) is 30.2 Å². The van der Waals surface area contributed by atoms with E-state index < -0.39 is 23.5 Å². The van der Waals surface area contributed by atoms with E-state index in [1.54, 1.807) is 20.8 Å². The van der Waals surface area contributed by atoms with E-state index in [-0.39, 0.29) is 36.4 Å². The van der Waals surface area contributed by atoms with E-state index in [2.05, 4.69) is 40.2 Å². The second-order valence-corrected chi connectivity index (χ2v) is 13.0. The quantitative estimate of drug-likeness (QED) is 0.161. The highest BCUT2D eigenvalue weighted by molar-refractivity contribution is 5.94. The molecule has 4 rings (SSSR count). The average molecular weight is 615 g/mol. The minimum atomic E-state index is -0.893. The van der Waals surface area contributed by atoms with Gasteiger partial charge in [-0.2, -0.15) is 0 Å². The van der Waals surface area contributed by atoms with Gasteiger partial charge in [0.05, 0.1) is 11.5 Å². The van der Waals surface area contributed by atoms with Gasteiger partial charge in [0.25, 0.3) is 0 Å². The molecule has 1 aliphatic carbocycles. The van der Waals surface area contributed by atoms with Crippen LogP contribution in [-0.4, -0.2) is 54.4 Å². The van der Waals surface area contributed by atoms with Crippen molar-refractivity contribution in [2.75, 3.05) is 18.5 Å². The first kappa shape index (κ1) is 33.7. The summed E-state index contributed by atoms with van der Waals surface area (Å²) >= 11 is 0. The molecule has 0 unspecified atom stereocenters. The number of nitrogens with two attached hydrogens (primary N) is 1. The van der Waals surface area contributed by atoms with Crippen molar-refractivity contribution in [2.45, 2.75) is 71.5 Å². The highest BCUT2D eigenvalue weighted by atomic mass is 16.5. The van der Waals surface area contributed by atoms with E-state index in [1.165, 1.54) is 11.1 Å². The zero-order valence-corrected chi connectivity index (χ0v) is 26.8. The largest absolute Gasteiger partial charge is 0.481 e. The summed E-state index contributed by atoms with van der Waals surface area (Å²) in [5.74, 6) is -0.983. The molecule has 0 saturated heterocycles. The second kappa shape index (κ2) is 14.7. The number of carbonyl (C=O) groups is 3. The van der Waals surface area contributed by atoms with Crippen LogP contribution in [0.1, 0.15) is 63.6 Å². The van der Waals surface area contributed by atoms with E-state index >= 15 is 0 Å². The number of hydrogen-bond acceptors (Lipinski definition) is 6. The molecule has 0 fully saturated rings. The first-order chi connectivity index (χ1) is 21.4. The number of hydrogen-bond donors (Lipinski definition) is 5. The molecular weight excluding hydrogens is 568 g/mol. The summed E-state index contributed by atoms with van der Waals surface area (Å²) in [6.07, 6.45) is 0.411. The normalized spacial score (nSPS) is 14.6. The molecule has 3 aromatic carbocycles. The zero-order chi connectivity index (χ0) is 32.7. The van der Waals surface area contributed by atoms with Gasteiger partial charge in [-0.25, -0.2) is 4.79 Å². The number of ether oxygens (including phenoxy) is 1. The molecule has 0 spiro atoms. The first-order valence-electron chi connectivity index (χ1n) is 15.6. The second-order valence-electron chi connectivity index (χ2n) is 13.0. The molecule has 45 heavy (non-hydrogen) atoms. The van der Waals surface area contributed by atoms with Crippen molar-refractivity contribution >= 4 is 23.7 Å². The molecule has 0 aromatic heterocycles. The smallest absolute Gasteiger partial charge is 0.407 e. The number of fused-ring (bicyclic) bond motifs is 3. The predicted molar refractivity (Wildman–Crippen MR) is 177 cm³/mol. The zero-order valence-electron chi connectivity index (χ0n) is 26.8. The number of alkyl carbamates (subject to hydrolysis) is 1. The lowest BCUT2D eigenvalue weighted by Gasteiger charge is -2.25. The maximum absolute atomic E-state index is 12.9. The van der Waals surface area contributed by atoms with Gasteiger partial charge >= 0.3 is 12.1 Å². The summed E-state index contributed by atoms with van der Waals surface area (Å²) < 4.78 is 5.73. The van der Waals surface area contributed by atoms with Crippen LogP contribution in [0.5, 0.6) is 0 Å². The van der Waals surface area contributed by atoms with Crippen LogP contribution in [0.3, 0.4) is 0 Å². The van der Waals surface area contributed by atoms with Gasteiger partial charge in [0.2, 0.25) is 5.91 Å². The van der Waals surface area contributed by atoms with Crippen LogP contribution in [0.4, 0.5) is 10.5 Å². The fraction of sp³-hybridized carbons (Fsp3) is 0.417. The summed E-state index contributed by atoms with van der Waals surface area (Å²) in [6, 6.07) is 22.8. The summed E-state index contributed by atoms with van der Waals surface area (Å²) in [5, 5.41) is 18.5. The first-order valence-corrected chi connectivity index (χ1v) is 15.6. The minimum absolute atomic E-state index is 0.0163. The molecular formula is C36H46N4O5. The SMILES string of the molecule is CC(C)[C@@H](CN[C@@H](C)C(=O)Nc1ccc(C[C@H](N)CC(C)(C)C(=O)O)cc1)NC(=O)OCC1c2ccccc2-c2ccccc21. The molecule has 0 saturated carbocycles. The van der Waals surface area contributed by atoms with Crippen LogP contribution < -0.4 is 21.7 Å². The number of carboxylic acids is 1. The van der Waals surface area contributed by atoms with E-state index in [4.69, 9.17) is 10.5 Å². The number of nitrogens with one attached hydrogen (secondary N) is 3. The molecule has 9 heteroatoms. The van der Waals surface area contributed by atoms with Crippen LogP contribution in [0.2, 0.25) is 0 Å². The van der Waals surface area contributed by atoms with Crippen LogP contribution in [0.15, 0.2) is 72.8 Å². The Labute approximate surface area is 265 Å². The van der Waals surface area contributed by atoms with E-state index in [0.717, 1.165) is 16.7 Å².